The van der Waals surface area contributed by atoms with Crippen molar-refractivity contribution in [2.75, 3.05) is 13.1 Å². The number of hydrogen-bond acceptors (Lipinski definition) is 2. The van der Waals surface area contributed by atoms with Crippen molar-refractivity contribution >= 4 is 5.65 Å². The normalized spacial score (nSPS) is 17.1. The van der Waals surface area contributed by atoms with Crippen molar-refractivity contribution in [2.45, 2.75) is 12.6 Å². The number of fused-ring (bicyclic) bond motifs is 1. The summed E-state index contributed by atoms with van der Waals surface area (Å²) < 4.78 is 39.9. The van der Waals surface area contributed by atoms with E-state index in [9.17, 15) is 13.2 Å². The Morgan fingerprint density at radius 2 is 2.17 bits per heavy atom. The molecule has 0 aromatic carbocycles. The number of pyridine rings is 1. The molecule has 0 saturated carbocycles. The molecule has 1 aliphatic rings. The minimum Gasteiger partial charge on any atom is -0.316 e. The van der Waals surface area contributed by atoms with Gasteiger partial charge in [0.1, 0.15) is 5.65 Å². The molecule has 3 heterocycles. The van der Waals surface area contributed by atoms with E-state index in [0.717, 1.165) is 31.3 Å². The molecule has 0 unspecified atom stereocenters. The molecule has 1 fully saturated rings. The van der Waals surface area contributed by atoms with Crippen LogP contribution in [0.15, 0.2) is 24.5 Å². The highest BCUT2D eigenvalue weighted by Crippen LogP contribution is 2.32. The number of imidazole rings is 1. The quantitative estimate of drug-likeness (QED) is 0.890. The SMILES string of the molecule is FC(F)(F)c1cccn2cc(CC3CNC3)nc12. The van der Waals surface area contributed by atoms with Gasteiger partial charge in [0.05, 0.1) is 11.3 Å². The number of alkyl halides is 3. The summed E-state index contributed by atoms with van der Waals surface area (Å²) in [5, 5.41) is 3.14. The molecule has 18 heavy (non-hydrogen) atoms. The Bertz CT molecular complexity index is 569. The van der Waals surface area contributed by atoms with E-state index in [4.69, 9.17) is 0 Å². The van der Waals surface area contributed by atoms with Gasteiger partial charge < -0.3 is 9.72 Å². The summed E-state index contributed by atoms with van der Waals surface area (Å²) >= 11 is 0. The van der Waals surface area contributed by atoms with Gasteiger partial charge >= 0.3 is 6.18 Å². The van der Waals surface area contributed by atoms with Crippen molar-refractivity contribution in [3.8, 4) is 0 Å². The number of hydrogen-bond donors (Lipinski definition) is 1. The second-order valence-corrected chi connectivity index (χ2v) is 4.61. The molecule has 0 spiro atoms. The summed E-state index contributed by atoms with van der Waals surface area (Å²) in [6.07, 6.45) is -0.349. The standard InChI is InChI=1S/C12H12F3N3/c13-12(14,15)10-2-1-3-18-7-9(17-11(10)18)4-8-5-16-6-8/h1-3,7-8,16H,4-6H2. The van der Waals surface area contributed by atoms with Gasteiger partial charge in [-0.25, -0.2) is 4.98 Å². The van der Waals surface area contributed by atoms with Crippen LogP contribution in [-0.2, 0) is 12.6 Å². The fourth-order valence-electron chi connectivity index (χ4n) is 2.17. The molecule has 3 rings (SSSR count). The third-order valence-corrected chi connectivity index (χ3v) is 3.20. The average molecular weight is 255 g/mol. The van der Waals surface area contributed by atoms with Crippen LogP contribution < -0.4 is 5.32 Å². The summed E-state index contributed by atoms with van der Waals surface area (Å²) in [6, 6.07) is 2.46. The van der Waals surface area contributed by atoms with Crippen molar-refractivity contribution in [1.29, 1.82) is 0 Å². The van der Waals surface area contributed by atoms with E-state index in [1.807, 2.05) is 0 Å². The van der Waals surface area contributed by atoms with Gasteiger partial charge in [-0.05, 0) is 37.6 Å². The third-order valence-electron chi connectivity index (χ3n) is 3.20. The zero-order valence-electron chi connectivity index (χ0n) is 9.54. The summed E-state index contributed by atoms with van der Waals surface area (Å²) in [5.74, 6) is 0.490. The largest absolute Gasteiger partial charge is 0.419 e. The number of rotatable bonds is 2. The van der Waals surface area contributed by atoms with Crippen LogP contribution in [0, 0.1) is 5.92 Å². The second-order valence-electron chi connectivity index (χ2n) is 4.61. The van der Waals surface area contributed by atoms with Crippen LogP contribution >= 0.6 is 0 Å². The number of nitrogens with zero attached hydrogens (tertiary/aromatic N) is 2. The molecule has 0 aliphatic carbocycles. The fourth-order valence-corrected chi connectivity index (χ4v) is 2.17. The lowest BCUT2D eigenvalue weighted by atomic mass is 9.98. The van der Waals surface area contributed by atoms with E-state index in [-0.39, 0.29) is 5.65 Å². The van der Waals surface area contributed by atoms with Crippen molar-refractivity contribution in [3.05, 3.63) is 35.8 Å². The highest BCUT2D eigenvalue weighted by Gasteiger charge is 2.34. The highest BCUT2D eigenvalue weighted by atomic mass is 19.4. The minimum atomic E-state index is -4.36. The van der Waals surface area contributed by atoms with E-state index in [1.165, 1.54) is 10.5 Å². The molecule has 96 valence electrons. The minimum absolute atomic E-state index is 0.00715. The van der Waals surface area contributed by atoms with Crippen LogP contribution in [0.4, 0.5) is 13.2 Å². The molecule has 1 N–H and O–H groups in total. The predicted octanol–water partition coefficient (Wildman–Crippen LogP) is 2.11. The zero-order chi connectivity index (χ0) is 12.8. The van der Waals surface area contributed by atoms with Crippen molar-refractivity contribution < 1.29 is 13.2 Å². The summed E-state index contributed by atoms with van der Waals surface area (Å²) in [7, 11) is 0. The first-order chi connectivity index (χ1) is 8.54. The molecule has 2 aromatic heterocycles. The first kappa shape index (κ1) is 11.5. The lowest BCUT2D eigenvalue weighted by Crippen LogP contribution is -2.43. The summed E-state index contributed by atoms with van der Waals surface area (Å²) in [5.41, 5.74) is 0.0356. The maximum atomic E-state index is 12.8. The maximum Gasteiger partial charge on any atom is 0.419 e. The smallest absolute Gasteiger partial charge is 0.316 e. The Morgan fingerprint density at radius 1 is 1.39 bits per heavy atom. The van der Waals surface area contributed by atoms with Crippen LogP contribution in [-0.4, -0.2) is 22.5 Å². The predicted molar refractivity (Wildman–Crippen MR) is 60.3 cm³/mol. The lowest BCUT2D eigenvalue weighted by molar-refractivity contribution is -0.136. The van der Waals surface area contributed by atoms with Gasteiger partial charge in [0.25, 0.3) is 0 Å². The molecule has 1 saturated heterocycles. The molecule has 2 aromatic rings. The topological polar surface area (TPSA) is 29.3 Å². The molecule has 1 aliphatic heterocycles. The number of halogens is 3. The molecule has 0 atom stereocenters. The summed E-state index contributed by atoms with van der Waals surface area (Å²) in [6.45, 7) is 1.83. The fraction of sp³-hybridized carbons (Fsp3) is 0.417. The molecule has 6 heteroatoms. The van der Waals surface area contributed by atoms with E-state index < -0.39 is 11.7 Å². The van der Waals surface area contributed by atoms with E-state index in [0.29, 0.717) is 5.92 Å². The third kappa shape index (κ3) is 1.96. The molecular formula is C12H12F3N3. The van der Waals surface area contributed by atoms with Gasteiger partial charge in [0.15, 0.2) is 0 Å². The lowest BCUT2D eigenvalue weighted by Gasteiger charge is -2.26. The molecule has 0 amide bonds. The second kappa shape index (κ2) is 3.98. The monoisotopic (exact) mass is 255 g/mol. The summed E-state index contributed by atoms with van der Waals surface area (Å²) in [4.78, 5) is 4.12. The van der Waals surface area contributed by atoms with Gasteiger partial charge in [-0.2, -0.15) is 13.2 Å². The highest BCUT2D eigenvalue weighted by molar-refractivity contribution is 5.50. The molecule has 3 nitrogen and oxygen atoms in total. The van der Waals surface area contributed by atoms with Gasteiger partial charge in [-0.3, -0.25) is 0 Å². The van der Waals surface area contributed by atoms with Gasteiger partial charge in [-0.15, -0.1) is 0 Å². The van der Waals surface area contributed by atoms with Crippen molar-refractivity contribution in [1.82, 2.24) is 14.7 Å². The Morgan fingerprint density at radius 3 is 2.78 bits per heavy atom. The molecule has 0 radical (unpaired) electrons. The van der Waals surface area contributed by atoms with Crippen LogP contribution in [0.2, 0.25) is 0 Å². The van der Waals surface area contributed by atoms with Crippen LogP contribution in [0.5, 0.6) is 0 Å². The first-order valence-electron chi connectivity index (χ1n) is 5.78. The molecule has 0 bridgehead atoms. The van der Waals surface area contributed by atoms with Gasteiger partial charge in [0.2, 0.25) is 0 Å². The first-order valence-corrected chi connectivity index (χ1v) is 5.78. The number of aromatic nitrogens is 2. The molecular weight excluding hydrogens is 243 g/mol. The van der Waals surface area contributed by atoms with Crippen LogP contribution in [0.1, 0.15) is 11.3 Å². The van der Waals surface area contributed by atoms with E-state index in [2.05, 4.69) is 10.3 Å². The van der Waals surface area contributed by atoms with Crippen molar-refractivity contribution in [2.24, 2.45) is 5.92 Å². The van der Waals surface area contributed by atoms with Gasteiger partial charge in [0, 0.05) is 12.4 Å². The van der Waals surface area contributed by atoms with Gasteiger partial charge in [-0.1, -0.05) is 0 Å². The Labute approximate surface area is 102 Å². The number of nitrogens with one attached hydrogen (secondary N) is 1. The Hall–Kier alpha value is -1.56. The van der Waals surface area contributed by atoms with Crippen LogP contribution in [0.3, 0.4) is 0 Å². The van der Waals surface area contributed by atoms with Crippen molar-refractivity contribution in [3.63, 3.8) is 0 Å². The Kier molecular flexibility index (Phi) is 2.55. The van der Waals surface area contributed by atoms with E-state index >= 15 is 0 Å². The zero-order valence-corrected chi connectivity index (χ0v) is 9.54. The average Bonchev–Trinajstić information content (AvgIpc) is 2.63. The van der Waals surface area contributed by atoms with Crippen LogP contribution in [0.25, 0.3) is 5.65 Å². The Balaban J connectivity index is 2.00. The maximum absolute atomic E-state index is 12.8. The van der Waals surface area contributed by atoms with E-state index in [1.54, 1.807) is 12.4 Å².